The smallest absolute Gasteiger partial charge is 0.151 e. The van der Waals surface area contributed by atoms with Crippen molar-refractivity contribution in [1.29, 1.82) is 0 Å². The Bertz CT molecular complexity index is 2150. The lowest BCUT2D eigenvalue weighted by Crippen LogP contribution is -2.42. The van der Waals surface area contributed by atoms with E-state index in [1.807, 2.05) is 6.08 Å². The van der Waals surface area contributed by atoms with Crippen molar-refractivity contribution in [2.75, 3.05) is 0 Å². The second-order valence-electron chi connectivity index (χ2n) is 11.6. The minimum absolute atomic E-state index is 0.0135. The van der Waals surface area contributed by atoms with Crippen LogP contribution < -0.4 is 0 Å². The number of rotatable bonds is 3. The Hall–Kier alpha value is -4.76. The number of carbonyl (C=O) groups is 2. The molecule has 0 saturated heterocycles. The third kappa shape index (κ3) is 2.79. The Morgan fingerprint density at radius 2 is 1.32 bits per heavy atom. The number of benzene rings is 6. The van der Waals surface area contributed by atoms with E-state index in [2.05, 4.69) is 108 Å². The minimum Gasteiger partial charge on any atom is -0.309 e. The summed E-state index contributed by atoms with van der Waals surface area (Å²) < 4.78 is 2.40. The number of aldehydes is 1. The van der Waals surface area contributed by atoms with Crippen LogP contribution in [0, 0.1) is 17.8 Å². The van der Waals surface area contributed by atoms with Gasteiger partial charge in [-0.05, 0) is 69.0 Å². The number of para-hydroxylation sites is 2. The summed E-state index contributed by atoms with van der Waals surface area (Å²) in [4.78, 5) is 24.6. The van der Waals surface area contributed by atoms with E-state index in [4.69, 9.17) is 0 Å². The summed E-state index contributed by atoms with van der Waals surface area (Å²) in [5.74, 6) is -0.473. The highest BCUT2D eigenvalue weighted by molar-refractivity contribution is 6.25. The Balaban J connectivity index is 1.28. The topological polar surface area (TPSA) is 39.1 Å². The third-order valence-electron chi connectivity index (χ3n) is 9.64. The minimum atomic E-state index is -0.476. The molecule has 4 atom stereocenters. The molecule has 1 saturated carbocycles. The van der Waals surface area contributed by atoms with Crippen LogP contribution in [0.5, 0.6) is 0 Å². The molecule has 3 heteroatoms. The first kappa shape index (κ1) is 22.1. The SMILES string of the molecule is O=CC1C(=O)C2C=CC1CC2c1cc2ccc3ccc(-n4c5ccccc5c5ccccc54)c4ccc(c1)c2c34. The lowest BCUT2D eigenvalue weighted by Gasteiger charge is -2.40. The first-order chi connectivity index (χ1) is 19.7. The number of hydrogen-bond acceptors (Lipinski definition) is 2. The van der Waals surface area contributed by atoms with Crippen LogP contribution in [0.1, 0.15) is 17.9 Å². The number of allylic oxidation sites excluding steroid dienone is 2. The zero-order chi connectivity index (χ0) is 26.5. The maximum Gasteiger partial charge on any atom is 0.151 e. The normalized spacial score (nSPS) is 22.4. The summed E-state index contributed by atoms with van der Waals surface area (Å²) in [6, 6.07) is 35.3. The van der Waals surface area contributed by atoms with Gasteiger partial charge in [0.15, 0.2) is 5.78 Å². The predicted molar refractivity (Wildman–Crippen MR) is 163 cm³/mol. The van der Waals surface area contributed by atoms with Crippen LogP contribution in [-0.4, -0.2) is 16.6 Å². The molecule has 0 spiro atoms. The van der Waals surface area contributed by atoms with Gasteiger partial charge in [0.1, 0.15) is 6.29 Å². The van der Waals surface area contributed by atoms with Gasteiger partial charge < -0.3 is 9.36 Å². The molecule has 7 aromatic rings. The molecule has 0 aliphatic heterocycles. The molecule has 190 valence electrons. The number of ketones is 1. The highest BCUT2D eigenvalue weighted by atomic mass is 16.1. The average molecular weight is 516 g/mol. The maximum absolute atomic E-state index is 13.0. The van der Waals surface area contributed by atoms with Crippen molar-refractivity contribution >= 4 is 66.2 Å². The molecular weight excluding hydrogens is 490 g/mol. The van der Waals surface area contributed by atoms with Crippen LogP contribution in [0.4, 0.5) is 0 Å². The van der Waals surface area contributed by atoms with E-state index >= 15 is 0 Å². The number of aromatic nitrogens is 1. The van der Waals surface area contributed by atoms with E-state index in [9.17, 15) is 9.59 Å². The van der Waals surface area contributed by atoms with Crippen LogP contribution in [0.25, 0.3) is 59.8 Å². The molecule has 10 rings (SSSR count). The van der Waals surface area contributed by atoms with Gasteiger partial charge >= 0.3 is 0 Å². The first-order valence-electron chi connectivity index (χ1n) is 14.1. The predicted octanol–water partition coefficient (Wildman–Crippen LogP) is 8.35. The van der Waals surface area contributed by atoms with Gasteiger partial charge in [-0.25, -0.2) is 0 Å². The van der Waals surface area contributed by atoms with E-state index in [-0.39, 0.29) is 23.5 Å². The molecule has 1 fully saturated rings. The summed E-state index contributed by atoms with van der Waals surface area (Å²) in [7, 11) is 0. The van der Waals surface area contributed by atoms with Crippen molar-refractivity contribution in [3.8, 4) is 5.69 Å². The van der Waals surface area contributed by atoms with Gasteiger partial charge in [-0.15, -0.1) is 0 Å². The average Bonchev–Trinajstić information content (AvgIpc) is 3.34. The molecule has 40 heavy (non-hydrogen) atoms. The zero-order valence-electron chi connectivity index (χ0n) is 21.7. The van der Waals surface area contributed by atoms with Gasteiger partial charge in [0.25, 0.3) is 0 Å². The van der Waals surface area contributed by atoms with Crippen molar-refractivity contribution in [3.63, 3.8) is 0 Å². The summed E-state index contributed by atoms with van der Waals surface area (Å²) in [5.41, 5.74) is 4.80. The summed E-state index contributed by atoms with van der Waals surface area (Å²) in [6.07, 6.45) is 5.84. The van der Waals surface area contributed by atoms with Crippen molar-refractivity contribution in [2.45, 2.75) is 12.3 Å². The fraction of sp³-hybridized carbons (Fsp3) is 0.135. The third-order valence-corrected chi connectivity index (χ3v) is 9.64. The molecule has 3 aliphatic carbocycles. The van der Waals surface area contributed by atoms with Crippen molar-refractivity contribution < 1.29 is 9.59 Å². The summed E-state index contributed by atoms with van der Waals surface area (Å²) in [6.45, 7) is 0. The van der Waals surface area contributed by atoms with Crippen molar-refractivity contribution in [3.05, 3.63) is 115 Å². The van der Waals surface area contributed by atoms with E-state index in [1.165, 1.54) is 65.4 Å². The Morgan fingerprint density at radius 3 is 2.02 bits per heavy atom. The van der Waals surface area contributed by atoms with E-state index in [0.717, 1.165) is 12.7 Å². The van der Waals surface area contributed by atoms with Crippen LogP contribution in [0.3, 0.4) is 0 Å². The molecule has 4 unspecified atom stereocenters. The number of Topliss-reactive ketones (excluding diaryl/α,β-unsaturated/α-hetero) is 1. The molecule has 0 radical (unpaired) electrons. The Kier molecular flexibility index (Phi) is 4.36. The van der Waals surface area contributed by atoms with Gasteiger partial charge in [-0.2, -0.15) is 0 Å². The molecule has 1 heterocycles. The summed E-state index contributed by atoms with van der Waals surface area (Å²) >= 11 is 0. The molecule has 3 aliphatic rings. The van der Waals surface area contributed by atoms with Gasteiger partial charge in [0, 0.05) is 22.1 Å². The molecule has 2 bridgehead atoms. The fourth-order valence-electron chi connectivity index (χ4n) is 7.84. The zero-order valence-corrected chi connectivity index (χ0v) is 21.7. The second-order valence-corrected chi connectivity index (χ2v) is 11.6. The molecule has 0 N–H and O–H groups in total. The summed E-state index contributed by atoms with van der Waals surface area (Å²) in [5, 5.41) is 9.95. The van der Waals surface area contributed by atoms with Gasteiger partial charge in [0.05, 0.1) is 22.6 Å². The van der Waals surface area contributed by atoms with Crippen LogP contribution in [0.15, 0.2) is 109 Å². The number of hydrogen-bond donors (Lipinski definition) is 0. The van der Waals surface area contributed by atoms with Gasteiger partial charge in [-0.3, -0.25) is 4.79 Å². The van der Waals surface area contributed by atoms with Crippen molar-refractivity contribution in [2.24, 2.45) is 17.8 Å². The molecule has 6 aromatic carbocycles. The highest BCUT2D eigenvalue weighted by Gasteiger charge is 2.45. The lowest BCUT2D eigenvalue weighted by molar-refractivity contribution is -0.134. The molecule has 1 aromatic heterocycles. The van der Waals surface area contributed by atoms with Crippen molar-refractivity contribution in [1.82, 2.24) is 4.57 Å². The van der Waals surface area contributed by atoms with Gasteiger partial charge in [0.2, 0.25) is 0 Å². The van der Waals surface area contributed by atoms with E-state index < -0.39 is 5.92 Å². The monoisotopic (exact) mass is 515 g/mol. The number of carbonyl (C=O) groups excluding carboxylic acids is 2. The standard InChI is InChI=1S/C37H25NO2/c39-20-31-22-11-14-28(37(31)40)30(19-22)25-17-23-10-9-21-13-16-34(29-15-12-24(18-25)35(23)36(21)29)38-32-7-3-1-5-26(32)27-6-2-4-8-33(27)38/h1-18,20,22,28,30-31H,19H2. The maximum atomic E-state index is 13.0. The quantitative estimate of drug-likeness (QED) is 0.103. The van der Waals surface area contributed by atoms with E-state index in [1.54, 1.807) is 0 Å². The largest absolute Gasteiger partial charge is 0.309 e. The lowest BCUT2D eigenvalue weighted by atomic mass is 9.61. The number of fused-ring (bicyclic) bond motifs is 5. The molecule has 0 amide bonds. The van der Waals surface area contributed by atoms with Crippen LogP contribution in [-0.2, 0) is 9.59 Å². The first-order valence-corrected chi connectivity index (χ1v) is 14.1. The number of nitrogens with zero attached hydrogens (tertiary/aromatic N) is 1. The second kappa shape index (κ2) is 7.89. The van der Waals surface area contributed by atoms with E-state index in [0.29, 0.717) is 0 Å². The van der Waals surface area contributed by atoms with Gasteiger partial charge in [-0.1, -0.05) is 91.0 Å². The Labute approximate surface area is 230 Å². The Morgan fingerprint density at radius 1 is 0.675 bits per heavy atom. The highest BCUT2D eigenvalue weighted by Crippen LogP contribution is 2.48. The fourth-order valence-corrected chi connectivity index (χ4v) is 7.84. The molecular formula is C37H25NO2. The molecule has 3 nitrogen and oxygen atoms in total. The van der Waals surface area contributed by atoms with Crippen LogP contribution in [0.2, 0.25) is 0 Å². The van der Waals surface area contributed by atoms with Crippen LogP contribution >= 0.6 is 0 Å².